The Morgan fingerprint density at radius 2 is 1.79 bits per heavy atom. The van der Waals surface area contributed by atoms with Crippen molar-refractivity contribution in [3.05, 3.63) is 35.4 Å². The van der Waals surface area contributed by atoms with Gasteiger partial charge >= 0.3 is 0 Å². The Morgan fingerprint density at radius 3 is 2.37 bits per heavy atom. The highest BCUT2D eigenvalue weighted by Gasteiger charge is 2.08. The summed E-state index contributed by atoms with van der Waals surface area (Å²) in [6.45, 7) is 6.06. The van der Waals surface area contributed by atoms with Gasteiger partial charge in [0.15, 0.2) is 0 Å². The van der Waals surface area contributed by atoms with Crippen LogP contribution in [0, 0.1) is 0 Å². The minimum Gasteiger partial charge on any atom is -0.379 e. The van der Waals surface area contributed by atoms with Crippen molar-refractivity contribution in [3.63, 3.8) is 0 Å². The largest absolute Gasteiger partial charge is 0.379 e. The fourth-order valence-corrected chi connectivity index (χ4v) is 2.16. The second kappa shape index (κ2) is 9.99. The molecule has 1 aromatic rings. The van der Waals surface area contributed by atoms with E-state index in [0.717, 1.165) is 19.6 Å². The lowest BCUT2D eigenvalue weighted by molar-refractivity contribution is 0.110. The molecule has 19 heavy (non-hydrogen) atoms. The van der Waals surface area contributed by atoms with Crippen molar-refractivity contribution >= 4 is 0 Å². The van der Waals surface area contributed by atoms with Crippen molar-refractivity contribution in [3.8, 4) is 0 Å². The number of hydrogen-bond acceptors (Lipinski definition) is 2. The summed E-state index contributed by atoms with van der Waals surface area (Å²) in [5.41, 5.74) is 2.70. The van der Waals surface area contributed by atoms with Gasteiger partial charge in [-0.3, -0.25) is 0 Å². The summed E-state index contributed by atoms with van der Waals surface area (Å²) in [4.78, 5) is 0. The molecule has 0 heterocycles. The predicted molar refractivity (Wildman–Crippen MR) is 82.6 cm³/mol. The van der Waals surface area contributed by atoms with Gasteiger partial charge in [-0.2, -0.15) is 0 Å². The third-order valence-electron chi connectivity index (χ3n) is 3.57. The Kier molecular flexibility index (Phi) is 8.52. The van der Waals surface area contributed by atoms with Crippen LogP contribution in [-0.4, -0.2) is 20.3 Å². The third kappa shape index (κ3) is 6.22. The Labute approximate surface area is 118 Å². The van der Waals surface area contributed by atoms with Crippen LogP contribution < -0.4 is 5.32 Å². The molecule has 1 atom stereocenters. The Morgan fingerprint density at radius 1 is 1.05 bits per heavy atom. The van der Waals surface area contributed by atoms with E-state index in [2.05, 4.69) is 43.4 Å². The van der Waals surface area contributed by atoms with E-state index < -0.39 is 0 Å². The van der Waals surface area contributed by atoms with Crippen LogP contribution in [0.3, 0.4) is 0 Å². The van der Waals surface area contributed by atoms with E-state index in [1.54, 1.807) is 0 Å². The number of ether oxygens (including phenoxy) is 1. The maximum atomic E-state index is 5.78. The standard InChI is InChI=1S/C17H29NO/c1-4-6-7-8-13-19-14-17(18-3)16-11-9-15(5-2)10-12-16/h9-12,17-18H,4-8,13-14H2,1-3H3. The average Bonchev–Trinajstić information content (AvgIpc) is 2.47. The highest BCUT2D eigenvalue weighted by molar-refractivity contribution is 5.25. The molecular weight excluding hydrogens is 234 g/mol. The summed E-state index contributed by atoms with van der Waals surface area (Å²) >= 11 is 0. The molecule has 0 fully saturated rings. The number of rotatable bonds is 10. The van der Waals surface area contributed by atoms with Crippen molar-refractivity contribution in [1.29, 1.82) is 0 Å². The lowest BCUT2D eigenvalue weighted by atomic mass is 10.0. The first-order valence-corrected chi connectivity index (χ1v) is 7.65. The van der Waals surface area contributed by atoms with Crippen molar-refractivity contribution in [2.24, 2.45) is 0 Å². The number of hydrogen-bond donors (Lipinski definition) is 1. The third-order valence-corrected chi connectivity index (χ3v) is 3.57. The zero-order valence-electron chi connectivity index (χ0n) is 12.7. The molecule has 1 unspecified atom stereocenters. The molecule has 0 aliphatic carbocycles. The van der Waals surface area contributed by atoms with E-state index in [1.807, 2.05) is 7.05 Å². The van der Waals surface area contributed by atoms with Gasteiger partial charge in [-0.25, -0.2) is 0 Å². The molecule has 2 heteroatoms. The first kappa shape index (κ1) is 16.2. The van der Waals surface area contributed by atoms with Gasteiger partial charge in [-0.1, -0.05) is 57.4 Å². The van der Waals surface area contributed by atoms with Crippen molar-refractivity contribution in [2.75, 3.05) is 20.3 Å². The zero-order valence-corrected chi connectivity index (χ0v) is 12.7. The van der Waals surface area contributed by atoms with Crippen molar-refractivity contribution < 1.29 is 4.74 Å². The van der Waals surface area contributed by atoms with E-state index >= 15 is 0 Å². The number of benzene rings is 1. The van der Waals surface area contributed by atoms with Gasteiger partial charge in [0.1, 0.15) is 0 Å². The molecule has 0 saturated carbocycles. The molecule has 0 saturated heterocycles. The minimum atomic E-state index is 0.303. The molecule has 1 rings (SSSR count). The van der Waals surface area contributed by atoms with E-state index in [1.165, 1.54) is 36.8 Å². The smallest absolute Gasteiger partial charge is 0.0661 e. The first-order chi connectivity index (χ1) is 9.31. The number of likely N-dealkylation sites (N-methyl/N-ethyl adjacent to an activating group) is 1. The highest BCUT2D eigenvalue weighted by atomic mass is 16.5. The van der Waals surface area contributed by atoms with Gasteiger partial charge in [-0.05, 0) is 31.0 Å². The molecule has 0 spiro atoms. The second-order valence-electron chi connectivity index (χ2n) is 5.07. The summed E-state index contributed by atoms with van der Waals surface area (Å²) in [5, 5.41) is 3.33. The summed E-state index contributed by atoms with van der Waals surface area (Å²) in [6, 6.07) is 9.14. The van der Waals surface area contributed by atoms with Crippen LogP contribution in [-0.2, 0) is 11.2 Å². The van der Waals surface area contributed by atoms with Gasteiger partial charge in [0.25, 0.3) is 0 Å². The van der Waals surface area contributed by atoms with E-state index in [4.69, 9.17) is 4.74 Å². The maximum Gasteiger partial charge on any atom is 0.0661 e. The highest BCUT2D eigenvalue weighted by Crippen LogP contribution is 2.14. The fraction of sp³-hybridized carbons (Fsp3) is 0.647. The van der Waals surface area contributed by atoms with Crippen LogP contribution >= 0.6 is 0 Å². The fourth-order valence-electron chi connectivity index (χ4n) is 2.16. The molecule has 108 valence electrons. The van der Waals surface area contributed by atoms with Crippen LogP contribution in [0.15, 0.2) is 24.3 Å². The van der Waals surface area contributed by atoms with Crippen molar-refractivity contribution in [1.82, 2.24) is 5.32 Å². The van der Waals surface area contributed by atoms with Gasteiger partial charge in [0, 0.05) is 6.61 Å². The summed E-state index contributed by atoms with van der Waals surface area (Å²) < 4.78 is 5.78. The maximum absolute atomic E-state index is 5.78. The molecule has 0 radical (unpaired) electrons. The lowest BCUT2D eigenvalue weighted by Gasteiger charge is -2.17. The van der Waals surface area contributed by atoms with Crippen LogP contribution in [0.4, 0.5) is 0 Å². The average molecular weight is 263 g/mol. The number of aryl methyl sites for hydroxylation is 1. The SMILES string of the molecule is CCCCCCOCC(NC)c1ccc(CC)cc1. The zero-order chi connectivity index (χ0) is 13.9. The molecule has 0 aliphatic rings. The lowest BCUT2D eigenvalue weighted by Crippen LogP contribution is -2.22. The van der Waals surface area contributed by atoms with Gasteiger partial charge in [0.05, 0.1) is 12.6 Å². The van der Waals surface area contributed by atoms with E-state index in [0.29, 0.717) is 6.04 Å². The summed E-state index contributed by atoms with van der Waals surface area (Å²) in [6.07, 6.45) is 6.16. The predicted octanol–water partition coefficient (Wildman–Crippen LogP) is 4.11. The van der Waals surface area contributed by atoms with Crippen LogP contribution in [0.1, 0.15) is 56.7 Å². The van der Waals surface area contributed by atoms with Crippen LogP contribution in [0.25, 0.3) is 0 Å². The minimum absolute atomic E-state index is 0.303. The summed E-state index contributed by atoms with van der Waals surface area (Å²) in [7, 11) is 2.00. The molecule has 0 aromatic heterocycles. The number of nitrogens with one attached hydrogen (secondary N) is 1. The molecule has 1 N–H and O–H groups in total. The van der Waals surface area contributed by atoms with E-state index in [9.17, 15) is 0 Å². The van der Waals surface area contributed by atoms with Crippen LogP contribution in [0.5, 0.6) is 0 Å². The van der Waals surface area contributed by atoms with Crippen molar-refractivity contribution in [2.45, 2.75) is 52.0 Å². The van der Waals surface area contributed by atoms with Gasteiger partial charge in [-0.15, -0.1) is 0 Å². The Balaban J connectivity index is 2.31. The molecule has 1 aromatic carbocycles. The van der Waals surface area contributed by atoms with Gasteiger partial charge < -0.3 is 10.1 Å². The monoisotopic (exact) mass is 263 g/mol. The summed E-state index contributed by atoms with van der Waals surface area (Å²) in [5.74, 6) is 0. The molecule has 2 nitrogen and oxygen atoms in total. The second-order valence-corrected chi connectivity index (χ2v) is 5.07. The number of unbranched alkanes of at least 4 members (excludes halogenated alkanes) is 3. The Hall–Kier alpha value is -0.860. The van der Waals surface area contributed by atoms with Crippen LogP contribution in [0.2, 0.25) is 0 Å². The topological polar surface area (TPSA) is 21.3 Å². The quantitative estimate of drug-likeness (QED) is 0.642. The molecule has 0 bridgehead atoms. The normalized spacial score (nSPS) is 12.6. The van der Waals surface area contributed by atoms with E-state index in [-0.39, 0.29) is 0 Å². The first-order valence-electron chi connectivity index (χ1n) is 7.65. The van der Waals surface area contributed by atoms with Gasteiger partial charge in [0.2, 0.25) is 0 Å². The molecular formula is C17H29NO. The molecule has 0 amide bonds. The Bertz CT molecular complexity index is 321. The molecule has 0 aliphatic heterocycles.